The standard InChI is InChI=1S/C19H37NO3S/c1-6-7-8-9-10-11-12-22-20-18(2,3)13-16(14-19(20,4)5)23-17(21)15-24/h16,24H,6-15H2,1-5H3. The molecule has 0 aliphatic carbocycles. The number of nitrogens with zero attached hydrogens (tertiary/aromatic N) is 1. The zero-order chi connectivity index (χ0) is 18.2. The van der Waals surface area contributed by atoms with E-state index in [4.69, 9.17) is 9.57 Å². The number of carbonyl (C=O) groups is 1. The fourth-order valence-corrected chi connectivity index (χ4v) is 3.94. The maximum absolute atomic E-state index is 11.6. The summed E-state index contributed by atoms with van der Waals surface area (Å²) >= 11 is 4.00. The Morgan fingerprint density at radius 2 is 1.58 bits per heavy atom. The van der Waals surface area contributed by atoms with Gasteiger partial charge in [-0.15, -0.1) is 0 Å². The second-order valence-corrected chi connectivity index (χ2v) is 8.51. The molecule has 4 nitrogen and oxygen atoms in total. The van der Waals surface area contributed by atoms with E-state index in [0.29, 0.717) is 0 Å². The summed E-state index contributed by atoms with van der Waals surface area (Å²) in [5.74, 6) is -0.105. The molecule has 1 rings (SSSR count). The van der Waals surface area contributed by atoms with E-state index in [2.05, 4.69) is 52.3 Å². The first-order chi connectivity index (χ1) is 11.2. The molecule has 24 heavy (non-hydrogen) atoms. The van der Waals surface area contributed by atoms with Crippen molar-refractivity contribution in [2.45, 2.75) is 103 Å². The fraction of sp³-hybridized carbons (Fsp3) is 0.947. The van der Waals surface area contributed by atoms with Gasteiger partial charge in [0.15, 0.2) is 0 Å². The van der Waals surface area contributed by atoms with Crippen molar-refractivity contribution in [2.24, 2.45) is 0 Å². The third-order valence-electron chi connectivity index (χ3n) is 4.70. The van der Waals surface area contributed by atoms with Crippen LogP contribution in [0.15, 0.2) is 0 Å². The van der Waals surface area contributed by atoms with Gasteiger partial charge >= 0.3 is 5.97 Å². The molecule has 1 aliphatic rings. The van der Waals surface area contributed by atoms with Gasteiger partial charge in [0.05, 0.1) is 12.4 Å². The Morgan fingerprint density at radius 3 is 2.12 bits per heavy atom. The zero-order valence-corrected chi connectivity index (χ0v) is 17.2. The maximum atomic E-state index is 11.6. The molecule has 0 amide bonds. The number of rotatable bonds is 10. The summed E-state index contributed by atoms with van der Waals surface area (Å²) in [7, 11) is 0. The van der Waals surface area contributed by atoms with Gasteiger partial charge < -0.3 is 4.74 Å². The van der Waals surface area contributed by atoms with Crippen molar-refractivity contribution in [3.63, 3.8) is 0 Å². The van der Waals surface area contributed by atoms with Crippen molar-refractivity contribution in [2.75, 3.05) is 12.4 Å². The van der Waals surface area contributed by atoms with Gasteiger partial charge in [-0.05, 0) is 34.1 Å². The number of hydrogen-bond acceptors (Lipinski definition) is 5. The maximum Gasteiger partial charge on any atom is 0.315 e. The average molecular weight is 360 g/mol. The van der Waals surface area contributed by atoms with Crippen molar-refractivity contribution in [1.29, 1.82) is 0 Å². The first kappa shape index (κ1) is 21.8. The summed E-state index contributed by atoms with van der Waals surface area (Å²) in [4.78, 5) is 17.7. The molecule has 0 atom stereocenters. The number of ether oxygens (including phenoxy) is 1. The first-order valence-electron chi connectivity index (χ1n) is 9.46. The minimum Gasteiger partial charge on any atom is -0.462 e. The summed E-state index contributed by atoms with van der Waals surface area (Å²) in [5.41, 5.74) is -0.322. The highest BCUT2D eigenvalue weighted by atomic mass is 32.1. The third kappa shape index (κ3) is 6.93. The van der Waals surface area contributed by atoms with E-state index in [1.165, 1.54) is 32.1 Å². The van der Waals surface area contributed by atoms with Gasteiger partial charge in [-0.3, -0.25) is 9.63 Å². The number of esters is 1. The SMILES string of the molecule is CCCCCCCCON1C(C)(C)CC(OC(=O)CS)CC1(C)C. The van der Waals surface area contributed by atoms with Crippen LogP contribution in [0, 0.1) is 0 Å². The van der Waals surface area contributed by atoms with E-state index in [0.717, 1.165) is 25.9 Å². The number of hydrogen-bond donors (Lipinski definition) is 1. The molecule has 0 saturated carbocycles. The van der Waals surface area contributed by atoms with Gasteiger partial charge in [0.25, 0.3) is 0 Å². The summed E-state index contributed by atoms with van der Waals surface area (Å²) < 4.78 is 5.54. The fourth-order valence-electron chi connectivity index (χ4n) is 3.87. The molecule has 1 heterocycles. The molecule has 5 heteroatoms. The Morgan fingerprint density at radius 1 is 1.04 bits per heavy atom. The number of unbranched alkanes of at least 4 members (excludes halogenated alkanes) is 5. The van der Waals surface area contributed by atoms with E-state index in [1.54, 1.807) is 0 Å². The van der Waals surface area contributed by atoms with Crippen molar-refractivity contribution < 1.29 is 14.4 Å². The minimum atomic E-state index is -0.239. The van der Waals surface area contributed by atoms with Crippen LogP contribution in [0.3, 0.4) is 0 Å². The molecule has 0 N–H and O–H groups in total. The zero-order valence-electron chi connectivity index (χ0n) is 16.3. The molecule has 1 fully saturated rings. The van der Waals surface area contributed by atoms with Crippen LogP contribution in [0.4, 0.5) is 0 Å². The summed E-state index contributed by atoms with van der Waals surface area (Å²) in [5, 5.41) is 2.14. The van der Waals surface area contributed by atoms with Crippen LogP contribution in [0.1, 0.15) is 86.0 Å². The summed E-state index contributed by atoms with van der Waals surface area (Å²) in [6, 6.07) is 0. The molecule has 0 aromatic rings. The highest BCUT2D eigenvalue weighted by molar-refractivity contribution is 7.81. The lowest BCUT2D eigenvalue weighted by atomic mass is 9.80. The lowest BCUT2D eigenvalue weighted by molar-refractivity contribution is -0.293. The summed E-state index contributed by atoms with van der Waals surface area (Å²) in [6.45, 7) is 11.7. The van der Waals surface area contributed by atoms with E-state index in [-0.39, 0.29) is 28.9 Å². The van der Waals surface area contributed by atoms with E-state index < -0.39 is 0 Å². The molecule has 0 aromatic heterocycles. The van der Waals surface area contributed by atoms with Gasteiger partial charge in [-0.25, -0.2) is 0 Å². The van der Waals surface area contributed by atoms with Crippen LogP contribution in [-0.4, -0.2) is 40.6 Å². The lowest BCUT2D eigenvalue weighted by Crippen LogP contribution is -2.62. The second kappa shape index (κ2) is 10.0. The Kier molecular flexibility index (Phi) is 9.10. The van der Waals surface area contributed by atoms with Crippen LogP contribution in [0.25, 0.3) is 0 Å². The third-order valence-corrected chi connectivity index (χ3v) is 4.96. The molecule has 1 saturated heterocycles. The molecule has 0 spiro atoms. The van der Waals surface area contributed by atoms with Gasteiger partial charge in [0, 0.05) is 23.9 Å². The quantitative estimate of drug-likeness (QED) is 0.346. The predicted octanol–water partition coefficient (Wildman–Crippen LogP) is 4.77. The first-order valence-corrected chi connectivity index (χ1v) is 10.1. The number of piperidine rings is 1. The number of thiol groups is 1. The van der Waals surface area contributed by atoms with Gasteiger partial charge in [0.2, 0.25) is 0 Å². The Bertz CT molecular complexity index is 367. The van der Waals surface area contributed by atoms with Crippen molar-refractivity contribution >= 4 is 18.6 Å². The molecule has 0 aromatic carbocycles. The highest BCUT2D eigenvalue weighted by Crippen LogP contribution is 2.39. The molecule has 0 bridgehead atoms. The highest BCUT2D eigenvalue weighted by Gasteiger charge is 2.47. The smallest absolute Gasteiger partial charge is 0.315 e. The predicted molar refractivity (Wildman–Crippen MR) is 102 cm³/mol. The molecule has 1 aliphatic heterocycles. The van der Waals surface area contributed by atoms with Crippen LogP contribution in [-0.2, 0) is 14.4 Å². The average Bonchev–Trinajstić information content (AvgIpc) is 2.47. The van der Waals surface area contributed by atoms with Crippen LogP contribution < -0.4 is 0 Å². The number of hydroxylamine groups is 2. The van der Waals surface area contributed by atoms with Crippen LogP contribution >= 0.6 is 12.6 Å². The minimum absolute atomic E-state index is 0.0662. The van der Waals surface area contributed by atoms with Crippen LogP contribution in [0.5, 0.6) is 0 Å². The monoisotopic (exact) mass is 359 g/mol. The van der Waals surface area contributed by atoms with E-state index in [1.807, 2.05) is 0 Å². The van der Waals surface area contributed by atoms with Crippen molar-refractivity contribution in [3.8, 4) is 0 Å². The van der Waals surface area contributed by atoms with E-state index >= 15 is 0 Å². The number of carbonyl (C=O) groups excluding carboxylic acids is 1. The van der Waals surface area contributed by atoms with Gasteiger partial charge in [-0.2, -0.15) is 17.7 Å². The molecule has 0 unspecified atom stereocenters. The van der Waals surface area contributed by atoms with Gasteiger partial charge in [0.1, 0.15) is 6.10 Å². The topological polar surface area (TPSA) is 38.8 Å². The normalized spacial score (nSPS) is 20.9. The largest absolute Gasteiger partial charge is 0.462 e. The van der Waals surface area contributed by atoms with Gasteiger partial charge in [-0.1, -0.05) is 39.0 Å². The molecular weight excluding hydrogens is 322 g/mol. The molecule has 142 valence electrons. The second-order valence-electron chi connectivity index (χ2n) is 8.20. The summed E-state index contributed by atoms with van der Waals surface area (Å²) in [6.07, 6.45) is 9.08. The Balaban J connectivity index is 2.48. The lowest BCUT2D eigenvalue weighted by Gasteiger charge is -2.53. The Hall–Kier alpha value is -0.260. The molecular formula is C19H37NO3S. The van der Waals surface area contributed by atoms with E-state index in [9.17, 15) is 4.79 Å². The van der Waals surface area contributed by atoms with Crippen molar-refractivity contribution in [1.82, 2.24) is 5.06 Å². The van der Waals surface area contributed by atoms with Crippen molar-refractivity contribution in [3.05, 3.63) is 0 Å². The Labute approximate surface area is 154 Å². The van der Waals surface area contributed by atoms with Crippen LogP contribution in [0.2, 0.25) is 0 Å². The molecule has 0 radical (unpaired) electrons.